The lowest BCUT2D eigenvalue weighted by Gasteiger charge is -2.25. The zero-order valence-electron chi connectivity index (χ0n) is 11.6. The molecule has 1 saturated heterocycles. The Balaban J connectivity index is 2.10. The molecule has 1 N–H and O–H groups in total. The standard InChI is InChI=1S/C16H25NO/c1-13(2)14-7-5-10-17(11-9-14)16-8-4-3-6-15(16)12-18/h3-4,6,8,13-14,18H,5,7,9-12H2,1-2H3. The summed E-state index contributed by atoms with van der Waals surface area (Å²) in [6.07, 6.45) is 3.88. The van der Waals surface area contributed by atoms with Crippen molar-refractivity contribution in [1.29, 1.82) is 0 Å². The minimum Gasteiger partial charge on any atom is -0.392 e. The smallest absolute Gasteiger partial charge is 0.0702 e. The summed E-state index contributed by atoms with van der Waals surface area (Å²) in [4.78, 5) is 2.45. The number of nitrogens with zero attached hydrogens (tertiary/aromatic N) is 1. The highest BCUT2D eigenvalue weighted by Crippen LogP contribution is 2.28. The molecule has 0 radical (unpaired) electrons. The number of aliphatic hydroxyl groups excluding tert-OH is 1. The molecular weight excluding hydrogens is 222 g/mol. The highest BCUT2D eigenvalue weighted by Gasteiger charge is 2.20. The van der Waals surface area contributed by atoms with E-state index in [4.69, 9.17) is 0 Å². The number of benzene rings is 1. The lowest BCUT2D eigenvalue weighted by atomic mass is 9.89. The number of hydrogen-bond donors (Lipinski definition) is 1. The fourth-order valence-electron chi connectivity index (χ4n) is 2.98. The molecular formula is C16H25NO. The van der Waals surface area contributed by atoms with Gasteiger partial charge < -0.3 is 10.0 Å². The first-order valence-corrected chi connectivity index (χ1v) is 7.16. The molecule has 0 amide bonds. The van der Waals surface area contributed by atoms with Crippen molar-refractivity contribution in [2.75, 3.05) is 18.0 Å². The summed E-state index contributed by atoms with van der Waals surface area (Å²) in [6, 6.07) is 8.24. The summed E-state index contributed by atoms with van der Waals surface area (Å²) in [5.41, 5.74) is 2.28. The Morgan fingerprint density at radius 2 is 2.00 bits per heavy atom. The van der Waals surface area contributed by atoms with Crippen LogP contribution in [0.3, 0.4) is 0 Å². The van der Waals surface area contributed by atoms with Crippen LogP contribution in [0, 0.1) is 11.8 Å². The molecule has 2 rings (SSSR count). The lowest BCUT2D eigenvalue weighted by Crippen LogP contribution is -2.25. The summed E-state index contributed by atoms with van der Waals surface area (Å²) in [7, 11) is 0. The average molecular weight is 247 g/mol. The Labute approximate surface area is 111 Å². The highest BCUT2D eigenvalue weighted by atomic mass is 16.3. The molecule has 0 spiro atoms. The van der Waals surface area contributed by atoms with Gasteiger partial charge in [-0.15, -0.1) is 0 Å². The topological polar surface area (TPSA) is 23.5 Å². The number of rotatable bonds is 3. The predicted molar refractivity (Wildman–Crippen MR) is 76.8 cm³/mol. The molecule has 1 aliphatic heterocycles. The van der Waals surface area contributed by atoms with E-state index in [1.54, 1.807) is 0 Å². The minimum absolute atomic E-state index is 0.139. The number of hydrogen-bond acceptors (Lipinski definition) is 2. The van der Waals surface area contributed by atoms with Gasteiger partial charge >= 0.3 is 0 Å². The molecule has 1 atom stereocenters. The van der Waals surface area contributed by atoms with Gasteiger partial charge in [-0.3, -0.25) is 0 Å². The van der Waals surface area contributed by atoms with E-state index in [1.807, 2.05) is 12.1 Å². The van der Waals surface area contributed by atoms with Crippen molar-refractivity contribution in [2.24, 2.45) is 11.8 Å². The molecule has 2 nitrogen and oxygen atoms in total. The third kappa shape index (κ3) is 3.05. The molecule has 18 heavy (non-hydrogen) atoms. The van der Waals surface area contributed by atoms with Crippen LogP contribution < -0.4 is 4.90 Å². The maximum Gasteiger partial charge on any atom is 0.0702 e. The fourth-order valence-corrected chi connectivity index (χ4v) is 2.98. The van der Waals surface area contributed by atoms with Crippen LogP contribution in [-0.2, 0) is 6.61 Å². The molecule has 0 aromatic heterocycles. The average Bonchev–Trinajstić information content (AvgIpc) is 2.64. The summed E-state index contributed by atoms with van der Waals surface area (Å²) < 4.78 is 0. The maximum absolute atomic E-state index is 9.43. The monoisotopic (exact) mass is 247 g/mol. The van der Waals surface area contributed by atoms with Crippen molar-refractivity contribution in [2.45, 2.75) is 39.7 Å². The predicted octanol–water partition coefficient (Wildman–Crippen LogP) is 3.44. The van der Waals surface area contributed by atoms with E-state index in [2.05, 4.69) is 30.9 Å². The van der Waals surface area contributed by atoms with Gasteiger partial charge in [0.15, 0.2) is 0 Å². The van der Waals surface area contributed by atoms with Crippen LogP contribution in [0.2, 0.25) is 0 Å². The number of aliphatic hydroxyl groups is 1. The van der Waals surface area contributed by atoms with Crippen molar-refractivity contribution in [1.82, 2.24) is 0 Å². The number of anilines is 1. The first-order valence-electron chi connectivity index (χ1n) is 7.16. The third-order valence-electron chi connectivity index (χ3n) is 4.22. The zero-order chi connectivity index (χ0) is 13.0. The van der Waals surface area contributed by atoms with E-state index >= 15 is 0 Å². The Kier molecular flexibility index (Phi) is 4.65. The highest BCUT2D eigenvalue weighted by molar-refractivity contribution is 5.53. The SMILES string of the molecule is CC(C)C1CCCN(c2ccccc2CO)CC1. The van der Waals surface area contributed by atoms with Gasteiger partial charge in [0.2, 0.25) is 0 Å². The Morgan fingerprint density at radius 3 is 2.72 bits per heavy atom. The molecule has 1 aliphatic rings. The van der Waals surface area contributed by atoms with Gasteiger partial charge in [-0.2, -0.15) is 0 Å². The largest absolute Gasteiger partial charge is 0.392 e. The van der Waals surface area contributed by atoms with Crippen molar-refractivity contribution in [3.63, 3.8) is 0 Å². The molecule has 1 aromatic rings. The Bertz CT molecular complexity index is 375. The summed E-state index contributed by atoms with van der Waals surface area (Å²) in [5.74, 6) is 1.65. The molecule has 1 fully saturated rings. The van der Waals surface area contributed by atoms with Gasteiger partial charge in [-0.25, -0.2) is 0 Å². The van der Waals surface area contributed by atoms with Crippen LogP contribution in [0.1, 0.15) is 38.7 Å². The van der Waals surface area contributed by atoms with Gasteiger partial charge in [-0.05, 0) is 37.2 Å². The number of para-hydroxylation sites is 1. The molecule has 1 aromatic carbocycles. The summed E-state index contributed by atoms with van der Waals surface area (Å²) in [6.45, 7) is 7.06. The molecule has 0 saturated carbocycles. The van der Waals surface area contributed by atoms with E-state index in [-0.39, 0.29) is 6.61 Å². The van der Waals surface area contributed by atoms with Crippen LogP contribution in [0.15, 0.2) is 24.3 Å². The first kappa shape index (κ1) is 13.4. The molecule has 0 aliphatic carbocycles. The van der Waals surface area contributed by atoms with E-state index in [1.165, 1.54) is 24.9 Å². The fraction of sp³-hybridized carbons (Fsp3) is 0.625. The molecule has 0 bridgehead atoms. The zero-order valence-corrected chi connectivity index (χ0v) is 11.6. The van der Waals surface area contributed by atoms with Gasteiger partial charge in [0, 0.05) is 24.3 Å². The second kappa shape index (κ2) is 6.24. The second-order valence-corrected chi connectivity index (χ2v) is 5.71. The van der Waals surface area contributed by atoms with Crippen LogP contribution in [0.5, 0.6) is 0 Å². The third-order valence-corrected chi connectivity index (χ3v) is 4.22. The molecule has 1 unspecified atom stereocenters. The van der Waals surface area contributed by atoms with E-state index in [0.717, 1.165) is 30.5 Å². The summed E-state index contributed by atoms with van der Waals surface area (Å²) >= 11 is 0. The van der Waals surface area contributed by atoms with Crippen LogP contribution >= 0.6 is 0 Å². The minimum atomic E-state index is 0.139. The van der Waals surface area contributed by atoms with Gasteiger partial charge in [0.1, 0.15) is 0 Å². The van der Waals surface area contributed by atoms with Gasteiger partial charge in [0.25, 0.3) is 0 Å². The van der Waals surface area contributed by atoms with Gasteiger partial charge in [0.05, 0.1) is 6.61 Å². The van der Waals surface area contributed by atoms with E-state index in [0.29, 0.717) is 0 Å². The van der Waals surface area contributed by atoms with Crippen molar-refractivity contribution >= 4 is 5.69 Å². The van der Waals surface area contributed by atoms with E-state index < -0.39 is 0 Å². The molecule has 100 valence electrons. The first-order chi connectivity index (χ1) is 8.72. The van der Waals surface area contributed by atoms with Crippen molar-refractivity contribution in [3.8, 4) is 0 Å². The second-order valence-electron chi connectivity index (χ2n) is 5.71. The normalized spacial score (nSPS) is 21.1. The van der Waals surface area contributed by atoms with E-state index in [9.17, 15) is 5.11 Å². The lowest BCUT2D eigenvalue weighted by molar-refractivity contribution is 0.282. The van der Waals surface area contributed by atoms with Gasteiger partial charge in [-0.1, -0.05) is 32.0 Å². The molecule has 1 heterocycles. The van der Waals surface area contributed by atoms with Crippen LogP contribution in [0.25, 0.3) is 0 Å². The molecule has 2 heteroatoms. The van der Waals surface area contributed by atoms with Crippen LogP contribution in [0.4, 0.5) is 5.69 Å². The van der Waals surface area contributed by atoms with Crippen molar-refractivity contribution in [3.05, 3.63) is 29.8 Å². The van der Waals surface area contributed by atoms with Crippen LogP contribution in [-0.4, -0.2) is 18.2 Å². The maximum atomic E-state index is 9.43. The Hall–Kier alpha value is -1.02. The Morgan fingerprint density at radius 1 is 1.22 bits per heavy atom. The summed E-state index contributed by atoms with van der Waals surface area (Å²) in [5, 5.41) is 9.43. The van der Waals surface area contributed by atoms with Crippen molar-refractivity contribution < 1.29 is 5.11 Å². The quantitative estimate of drug-likeness (QED) is 0.884.